The zero-order valence-corrected chi connectivity index (χ0v) is 20.0. The number of morpholine rings is 1. The van der Waals surface area contributed by atoms with Crippen molar-refractivity contribution in [3.8, 4) is 5.75 Å². The van der Waals surface area contributed by atoms with Crippen LogP contribution >= 0.6 is 11.3 Å². The molecule has 4 heterocycles. The van der Waals surface area contributed by atoms with Crippen LogP contribution < -0.4 is 15.6 Å². The number of rotatable bonds is 3. The molecule has 2 atom stereocenters. The standard InChI is InChI=1S/C25H20F2N4O5S/c26-15-5-4-12-14(19(15)27)10-31-22-13(2-1-3-17(22)37-25(31)35)20(12)29-18-11-36-9-8-30(18)24(34)21-23(33)16(32)6-7-28-21/h1-7,18,20,29,33H,8-11H2,(H,28,32). The van der Waals surface area contributed by atoms with Crippen LogP contribution in [-0.2, 0) is 11.3 Å². The molecular formula is C25H20F2N4O5S. The van der Waals surface area contributed by atoms with Gasteiger partial charge in [-0.05, 0) is 23.3 Å². The summed E-state index contributed by atoms with van der Waals surface area (Å²) in [4.78, 5) is 41.8. The summed E-state index contributed by atoms with van der Waals surface area (Å²) in [6, 6.07) is 8.26. The molecule has 0 saturated carbocycles. The number of pyridine rings is 1. The smallest absolute Gasteiger partial charge is 0.308 e. The Morgan fingerprint density at radius 3 is 2.84 bits per heavy atom. The Hall–Kier alpha value is -3.87. The predicted molar refractivity (Wildman–Crippen MR) is 131 cm³/mol. The Labute approximate surface area is 211 Å². The quantitative estimate of drug-likeness (QED) is 0.377. The van der Waals surface area contributed by atoms with E-state index >= 15 is 4.39 Å². The van der Waals surface area contributed by atoms with Crippen molar-refractivity contribution < 1.29 is 23.4 Å². The van der Waals surface area contributed by atoms with Crippen LogP contribution in [0.5, 0.6) is 5.75 Å². The normalized spacial score (nSPS) is 19.0. The molecule has 2 aromatic heterocycles. The molecule has 37 heavy (non-hydrogen) atoms. The maximum absolute atomic E-state index is 15.1. The Morgan fingerprint density at radius 1 is 1.16 bits per heavy atom. The third-order valence-electron chi connectivity index (χ3n) is 6.78. The van der Waals surface area contributed by atoms with Crippen molar-refractivity contribution in [2.45, 2.75) is 18.8 Å². The summed E-state index contributed by atoms with van der Waals surface area (Å²) >= 11 is 1.02. The number of halogens is 2. The largest absolute Gasteiger partial charge is 0.503 e. The highest BCUT2D eigenvalue weighted by Crippen LogP contribution is 2.37. The number of ether oxygens (including phenoxy) is 1. The van der Waals surface area contributed by atoms with Gasteiger partial charge in [0.05, 0.1) is 36.0 Å². The summed E-state index contributed by atoms with van der Waals surface area (Å²) in [5, 5.41) is 13.5. The van der Waals surface area contributed by atoms with E-state index in [4.69, 9.17) is 4.74 Å². The van der Waals surface area contributed by atoms with Gasteiger partial charge in [-0.1, -0.05) is 29.5 Å². The Kier molecular flexibility index (Phi) is 5.66. The minimum absolute atomic E-state index is 0.0372. The summed E-state index contributed by atoms with van der Waals surface area (Å²) in [5.41, 5.74) is 0.769. The molecule has 0 radical (unpaired) electrons. The Morgan fingerprint density at radius 2 is 2.00 bits per heavy atom. The molecule has 0 aliphatic carbocycles. The number of hydrogen-bond donors (Lipinski definition) is 3. The van der Waals surface area contributed by atoms with E-state index in [1.54, 1.807) is 18.2 Å². The fraction of sp³-hybridized carbons (Fsp3) is 0.240. The lowest BCUT2D eigenvalue weighted by Crippen LogP contribution is -2.56. The number of H-pyrrole nitrogens is 1. The topological polar surface area (TPSA) is 117 Å². The van der Waals surface area contributed by atoms with Crippen molar-refractivity contribution >= 4 is 27.5 Å². The van der Waals surface area contributed by atoms with Gasteiger partial charge in [0, 0.05) is 24.4 Å². The number of para-hydroxylation sites is 1. The number of nitrogens with zero attached hydrogens (tertiary/aromatic N) is 2. The summed E-state index contributed by atoms with van der Waals surface area (Å²) in [7, 11) is 0. The highest BCUT2D eigenvalue weighted by atomic mass is 32.1. The van der Waals surface area contributed by atoms with E-state index < -0.39 is 40.9 Å². The van der Waals surface area contributed by atoms with Gasteiger partial charge in [-0.3, -0.25) is 24.3 Å². The first-order valence-corrected chi connectivity index (χ1v) is 12.3. The number of benzene rings is 2. The molecule has 2 aliphatic rings. The lowest BCUT2D eigenvalue weighted by molar-refractivity contribution is -0.0150. The van der Waals surface area contributed by atoms with Crippen molar-refractivity contribution in [1.29, 1.82) is 0 Å². The van der Waals surface area contributed by atoms with Crippen molar-refractivity contribution in [2.24, 2.45) is 0 Å². The Balaban J connectivity index is 1.48. The molecule has 2 aliphatic heterocycles. The number of amides is 1. The molecular weight excluding hydrogens is 506 g/mol. The number of aromatic hydroxyl groups is 1. The number of hydrogen-bond acceptors (Lipinski definition) is 7. The predicted octanol–water partition coefficient (Wildman–Crippen LogP) is 2.27. The Bertz CT molecular complexity index is 1680. The van der Waals surface area contributed by atoms with Gasteiger partial charge in [0.1, 0.15) is 6.17 Å². The zero-order chi connectivity index (χ0) is 25.8. The molecule has 0 bridgehead atoms. The number of thiazole rings is 1. The first kappa shape index (κ1) is 23.5. The summed E-state index contributed by atoms with van der Waals surface area (Å²) in [5.74, 6) is -3.38. The monoisotopic (exact) mass is 526 g/mol. The minimum atomic E-state index is -1.04. The minimum Gasteiger partial charge on any atom is -0.503 e. The molecule has 4 aromatic rings. The highest BCUT2D eigenvalue weighted by molar-refractivity contribution is 7.16. The highest BCUT2D eigenvalue weighted by Gasteiger charge is 2.36. The van der Waals surface area contributed by atoms with Crippen LogP contribution in [0, 0.1) is 11.6 Å². The van der Waals surface area contributed by atoms with E-state index in [2.05, 4.69) is 10.3 Å². The second-order valence-corrected chi connectivity index (χ2v) is 9.82. The summed E-state index contributed by atoms with van der Waals surface area (Å²) in [6.45, 7) is 0.293. The second kappa shape index (κ2) is 8.91. The van der Waals surface area contributed by atoms with Gasteiger partial charge in [-0.15, -0.1) is 0 Å². The van der Waals surface area contributed by atoms with Crippen molar-refractivity contribution in [3.05, 3.63) is 96.5 Å². The van der Waals surface area contributed by atoms with Crippen LogP contribution in [0.1, 0.15) is 33.2 Å². The van der Waals surface area contributed by atoms with Gasteiger partial charge in [0.25, 0.3) is 5.91 Å². The van der Waals surface area contributed by atoms with E-state index in [1.165, 1.54) is 21.7 Å². The molecule has 1 amide bonds. The van der Waals surface area contributed by atoms with Gasteiger partial charge < -0.3 is 19.7 Å². The first-order valence-electron chi connectivity index (χ1n) is 11.5. The van der Waals surface area contributed by atoms with E-state index in [-0.39, 0.29) is 42.4 Å². The SMILES string of the molecule is O=C(c1[nH]ccc(=O)c1O)N1CCOCC1NC1c2ccc(F)c(F)c2Cn2c(=O)sc3cccc1c32. The second-order valence-electron chi connectivity index (χ2n) is 8.83. The fourth-order valence-corrected chi connectivity index (χ4v) is 5.95. The van der Waals surface area contributed by atoms with Crippen LogP contribution in [0.2, 0.25) is 0 Å². The van der Waals surface area contributed by atoms with Crippen LogP contribution in [0.3, 0.4) is 0 Å². The van der Waals surface area contributed by atoms with Gasteiger partial charge in [0.15, 0.2) is 23.1 Å². The van der Waals surface area contributed by atoms with Crippen LogP contribution in [0.25, 0.3) is 10.2 Å². The number of aromatic amines is 1. The third-order valence-corrected chi connectivity index (χ3v) is 7.73. The average Bonchev–Trinajstić information content (AvgIpc) is 3.13. The summed E-state index contributed by atoms with van der Waals surface area (Å²) < 4.78 is 37.2. The van der Waals surface area contributed by atoms with Gasteiger partial charge in [-0.2, -0.15) is 0 Å². The lowest BCUT2D eigenvalue weighted by atomic mass is 9.94. The van der Waals surface area contributed by atoms with Crippen LogP contribution in [-0.4, -0.2) is 51.4 Å². The van der Waals surface area contributed by atoms with Crippen molar-refractivity contribution in [3.63, 3.8) is 0 Å². The van der Waals surface area contributed by atoms with Crippen molar-refractivity contribution in [1.82, 2.24) is 19.8 Å². The zero-order valence-electron chi connectivity index (χ0n) is 19.2. The molecule has 3 N–H and O–H groups in total. The third kappa shape index (κ3) is 3.76. The molecule has 190 valence electrons. The van der Waals surface area contributed by atoms with Crippen LogP contribution in [0.4, 0.5) is 8.78 Å². The number of carbonyl (C=O) groups excluding carboxylic acids is 1. The number of aromatic nitrogens is 2. The molecule has 2 aromatic carbocycles. The number of carbonyl (C=O) groups is 1. The molecule has 0 spiro atoms. The molecule has 12 heteroatoms. The maximum atomic E-state index is 15.1. The average molecular weight is 527 g/mol. The van der Waals surface area contributed by atoms with E-state index in [1.807, 2.05) is 0 Å². The molecule has 1 fully saturated rings. The van der Waals surface area contributed by atoms with Crippen LogP contribution in [0.15, 0.2) is 52.2 Å². The molecule has 2 unspecified atom stereocenters. The van der Waals surface area contributed by atoms with Gasteiger partial charge in [0.2, 0.25) is 5.43 Å². The first-order chi connectivity index (χ1) is 17.8. The molecule has 6 rings (SSSR count). The van der Waals surface area contributed by atoms with E-state index in [9.17, 15) is 23.9 Å². The van der Waals surface area contributed by atoms with E-state index in [0.29, 0.717) is 21.3 Å². The number of fused-ring (bicyclic) bond motifs is 1. The van der Waals surface area contributed by atoms with Gasteiger partial charge in [-0.25, -0.2) is 8.78 Å². The molecule has 9 nitrogen and oxygen atoms in total. The fourth-order valence-electron chi connectivity index (χ4n) is 5.03. The summed E-state index contributed by atoms with van der Waals surface area (Å²) in [6.07, 6.45) is 0.510. The van der Waals surface area contributed by atoms with Gasteiger partial charge >= 0.3 is 4.87 Å². The lowest BCUT2D eigenvalue weighted by Gasteiger charge is -2.38. The number of nitrogens with one attached hydrogen (secondary N) is 2. The molecule has 1 saturated heterocycles. The van der Waals surface area contributed by atoms with E-state index in [0.717, 1.165) is 23.5 Å². The maximum Gasteiger partial charge on any atom is 0.308 e. The van der Waals surface area contributed by atoms with Crippen molar-refractivity contribution in [2.75, 3.05) is 19.8 Å².